The van der Waals surface area contributed by atoms with Gasteiger partial charge in [0.15, 0.2) is 0 Å². The highest BCUT2D eigenvalue weighted by Gasteiger charge is 2.30. The van der Waals surface area contributed by atoms with Gasteiger partial charge in [0.25, 0.3) is 5.91 Å². The van der Waals surface area contributed by atoms with Crippen LogP contribution < -0.4 is 20.5 Å². The van der Waals surface area contributed by atoms with Gasteiger partial charge in [0, 0.05) is 32.8 Å². The Hall–Kier alpha value is -1.72. The van der Waals surface area contributed by atoms with Gasteiger partial charge in [-0.25, -0.2) is 13.1 Å². The number of aliphatic hydroxyl groups excluding tert-OH is 1. The zero-order valence-electron chi connectivity index (χ0n) is 22.0. The van der Waals surface area contributed by atoms with Gasteiger partial charge in [-0.15, -0.1) is 0 Å². The maximum absolute atomic E-state index is 12.9. The van der Waals surface area contributed by atoms with E-state index in [1.165, 1.54) is 0 Å². The quantitative estimate of drug-likeness (QED) is 0.248. The zero-order chi connectivity index (χ0) is 26.6. The van der Waals surface area contributed by atoms with Crippen molar-refractivity contribution in [3.8, 4) is 5.75 Å². The number of aliphatic hydroxyl groups is 1. The molecule has 1 aromatic carbocycles. The Morgan fingerprint density at radius 3 is 2.34 bits per heavy atom. The minimum absolute atomic E-state index is 0.00931. The second kappa shape index (κ2) is 14.7. The molecule has 0 bridgehead atoms. The largest absolute Gasteiger partial charge is 0.493 e. The number of rotatable bonds is 16. The predicted molar refractivity (Wildman–Crippen MR) is 139 cm³/mol. The van der Waals surface area contributed by atoms with E-state index in [0.717, 1.165) is 12.8 Å². The fourth-order valence-electron chi connectivity index (χ4n) is 3.29. The lowest BCUT2D eigenvalue weighted by Crippen LogP contribution is -2.48. The number of carbonyl (C=O) groups excluding carboxylic acids is 1. The van der Waals surface area contributed by atoms with Crippen LogP contribution >= 0.6 is 0 Å². The molecule has 1 rings (SSSR count). The lowest BCUT2D eigenvalue weighted by atomic mass is 9.87. The van der Waals surface area contributed by atoms with Gasteiger partial charge in [-0.2, -0.15) is 0 Å². The van der Waals surface area contributed by atoms with E-state index in [4.69, 9.17) is 15.2 Å². The lowest BCUT2D eigenvalue weighted by Gasteiger charge is -2.28. The molecule has 0 saturated heterocycles. The Balaban J connectivity index is 2.67. The van der Waals surface area contributed by atoms with Gasteiger partial charge in [-0.1, -0.05) is 26.0 Å². The third kappa shape index (κ3) is 10.8. The van der Waals surface area contributed by atoms with Crippen LogP contribution in [-0.4, -0.2) is 69.7 Å². The highest BCUT2D eigenvalue weighted by Crippen LogP contribution is 2.21. The summed E-state index contributed by atoms with van der Waals surface area (Å²) in [6.45, 7) is 10.2. The normalized spacial score (nSPS) is 15.0. The molecule has 202 valence electrons. The number of nitrogens with two attached hydrogens (primary N) is 1. The van der Waals surface area contributed by atoms with Crippen molar-refractivity contribution in [2.75, 3.05) is 33.4 Å². The Bertz CT molecular complexity index is 870. The number of sulfonamides is 1. The van der Waals surface area contributed by atoms with Crippen molar-refractivity contribution >= 4 is 15.9 Å². The number of methoxy groups -OCH3 is 1. The van der Waals surface area contributed by atoms with Gasteiger partial charge in [0.05, 0.1) is 23.0 Å². The van der Waals surface area contributed by atoms with Crippen LogP contribution in [0.25, 0.3) is 0 Å². The van der Waals surface area contributed by atoms with Crippen LogP contribution in [0.15, 0.2) is 24.3 Å². The minimum Gasteiger partial charge on any atom is -0.493 e. The number of benzene rings is 1. The summed E-state index contributed by atoms with van der Waals surface area (Å²) in [7, 11) is -1.92. The highest BCUT2D eigenvalue weighted by atomic mass is 32.2. The fourth-order valence-corrected chi connectivity index (χ4v) is 4.11. The molecule has 0 heterocycles. The molecule has 0 aliphatic rings. The van der Waals surface area contributed by atoms with E-state index in [2.05, 4.69) is 10.0 Å². The summed E-state index contributed by atoms with van der Waals surface area (Å²) in [5.74, 6) is 0.467. The second-order valence-corrected chi connectivity index (χ2v) is 12.7. The standard InChI is InChI=1S/C25H45N3O6S/c1-18(2)19(15-21(26)22(29)17-28-35(31,32)25(3,4)5)16-27-24(30)20-11-7-8-12-23(20)34-14-10-9-13-33-6/h7-8,11-12,18-19,21-22,28-29H,9-10,13-17,26H2,1-6H3,(H,27,30). The number of amides is 1. The average molecular weight is 516 g/mol. The average Bonchev–Trinajstić information content (AvgIpc) is 2.79. The van der Waals surface area contributed by atoms with Gasteiger partial charge in [0.2, 0.25) is 10.0 Å². The summed E-state index contributed by atoms with van der Waals surface area (Å²) in [5.41, 5.74) is 6.66. The molecule has 3 unspecified atom stereocenters. The number of hydrogen-bond acceptors (Lipinski definition) is 7. The van der Waals surface area contributed by atoms with E-state index in [9.17, 15) is 18.3 Å². The first-order valence-corrected chi connectivity index (χ1v) is 13.7. The van der Waals surface area contributed by atoms with Gasteiger partial charge in [-0.3, -0.25) is 4.79 Å². The molecule has 0 saturated carbocycles. The van der Waals surface area contributed by atoms with Crippen molar-refractivity contribution in [2.24, 2.45) is 17.6 Å². The lowest BCUT2D eigenvalue weighted by molar-refractivity contribution is 0.0928. The van der Waals surface area contributed by atoms with Crippen LogP contribution in [-0.2, 0) is 14.8 Å². The summed E-state index contributed by atoms with van der Waals surface area (Å²) in [6, 6.07) is 6.46. The van der Waals surface area contributed by atoms with Gasteiger partial charge >= 0.3 is 0 Å². The first-order chi connectivity index (χ1) is 16.3. The summed E-state index contributed by atoms with van der Waals surface area (Å²) >= 11 is 0. The maximum atomic E-state index is 12.9. The molecule has 3 atom stereocenters. The van der Waals surface area contributed by atoms with Crippen LogP contribution in [0.2, 0.25) is 0 Å². The molecule has 1 amide bonds. The number of carbonyl (C=O) groups is 1. The van der Waals surface area contributed by atoms with E-state index in [0.29, 0.717) is 37.5 Å². The molecule has 0 spiro atoms. The molecule has 0 fully saturated rings. The molecule has 1 aromatic rings. The van der Waals surface area contributed by atoms with E-state index in [-0.39, 0.29) is 24.3 Å². The van der Waals surface area contributed by atoms with Gasteiger partial charge in [0.1, 0.15) is 5.75 Å². The van der Waals surface area contributed by atoms with Crippen molar-refractivity contribution in [1.29, 1.82) is 0 Å². The number of hydrogen-bond donors (Lipinski definition) is 4. The maximum Gasteiger partial charge on any atom is 0.255 e. The first-order valence-electron chi connectivity index (χ1n) is 12.2. The SMILES string of the molecule is COCCCCOc1ccccc1C(=O)NCC(CC(N)C(O)CNS(=O)(=O)C(C)(C)C)C(C)C. The van der Waals surface area contributed by atoms with Crippen molar-refractivity contribution in [3.05, 3.63) is 29.8 Å². The van der Waals surface area contributed by atoms with Crippen LogP contribution in [0, 0.1) is 11.8 Å². The van der Waals surface area contributed by atoms with Gasteiger partial charge < -0.3 is 25.6 Å². The molecule has 0 aliphatic heterocycles. The molecular weight excluding hydrogens is 470 g/mol. The van der Waals surface area contributed by atoms with Crippen LogP contribution in [0.3, 0.4) is 0 Å². The summed E-state index contributed by atoms with van der Waals surface area (Å²) in [6.07, 6.45) is 1.08. The highest BCUT2D eigenvalue weighted by molar-refractivity contribution is 7.90. The Morgan fingerprint density at radius 1 is 1.11 bits per heavy atom. The van der Waals surface area contributed by atoms with E-state index in [1.807, 2.05) is 19.9 Å². The third-order valence-corrected chi connectivity index (χ3v) is 8.12. The molecule has 0 aliphatic carbocycles. The molecular formula is C25H45N3O6S. The van der Waals surface area contributed by atoms with E-state index in [1.54, 1.807) is 46.1 Å². The minimum atomic E-state index is -3.58. The summed E-state index contributed by atoms with van der Waals surface area (Å²) in [4.78, 5) is 12.9. The topological polar surface area (TPSA) is 140 Å². The third-order valence-electron chi connectivity index (χ3n) is 5.96. The molecule has 10 heteroatoms. The summed E-state index contributed by atoms with van der Waals surface area (Å²) in [5, 5.41) is 13.4. The Kier molecular flexibility index (Phi) is 13.2. The van der Waals surface area contributed by atoms with Crippen LogP contribution in [0.4, 0.5) is 0 Å². The van der Waals surface area contributed by atoms with Gasteiger partial charge in [-0.05, 0) is 64.0 Å². The van der Waals surface area contributed by atoms with Crippen molar-refractivity contribution in [2.45, 2.75) is 70.8 Å². The molecule has 5 N–H and O–H groups in total. The van der Waals surface area contributed by atoms with Crippen LogP contribution in [0.5, 0.6) is 5.75 Å². The van der Waals surface area contributed by atoms with Crippen LogP contribution in [0.1, 0.15) is 64.2 Å². The fraction of sp³-hybridized carbons (Fsp3) is 0.720. The number of ether oxygens (including phenoxy) is 2. The summed E-state index contributed by atoms with van der Waals surface area (Å²) < 4.78 is 36.8. The van der Waals surface area contributed by atoms with Crippen molar-refractivity contribution in [3.63, 3.8) is 0 Å². The van der Waals surface area contributed by atoms with E-state index >= 15 is 0 Å². The monoisotopic (exact) mass is 515 g/mol. The Morgan fingerprint density at radius 2 is 1.74 bits per heavy atom. The predicted octanol–water partition coefficient (Wildman–Crippen LogP) is 2.29. The second-order valence-electron chi connectivity index (χ2n) is 10.2. The smallest absolute Gasteiger partial charge is 0.255 e. The van der Waals surface area contributed by atoms with Crippen molar-refractivity contribution < 1.29 is 27.8 Å². The first kappa shape index (κ1) is 31.3. The zero-order valence-corrected chi connectivity index (χ0v) is 22.9. The number of para-hydroxylation sites is 1. The van der Waals surface area contributed by atoms with E-state index < -0.39 is 26.9 Å². The molecule has 0 radical (unpaired) electrons. The number of unbranched alkanes of at least 4 members (excludes halogenated alkanes) is 1. The molecule has 9 nitrogen and oxygen atoms in total. The Labute approximate surface area is 211 Å². The van der Waals surface area contributed by atoms with Crippen molar-refractivity contribution in [1.82, 2.24) is 10.0 Å². The number of nitrogens with one attached hydrogen (secondary N) is 2. The molecule has 0 aromatic heterocycles. The molecule has 35 heavy (non-hydrogen) atoms.